The zero-order valence-corrected chi connectivity index (χ0v) is 9.38. The average Bonchev–Trinajstić information content (AvgIpc) is 2.09. The maximum absolute atomic E-state index is 12.1. The van der Waals surface area contributed by atoms with Gasteiger partial charge in [-0.15, -0.1) is 0 Å². The first-order valence-electron chi connectivity index (χ1n) is 4.87. The predicted octanol–water partition coefficient (Wildman–Crippen LogP) is 1.69. The van der Waals surface area contributed by atoms with Gasteiger partial charge in [0.25, 0.3) is 0 Å². The minimum atomic E-state index is -0.695. The van der Waals surface area contributed by atoms with E-state index in [-0.39, 0.29) is 6.54 Å². The van der Waals surface area contributed by atoms with Crippen LogP contribution in [-0.2, 0) is 9.53 Å². The van der Waals surface area contributed by atoms with E-state index < -0.39 is 24.3 Å². The third kappa shape index (κ3) is 7.90. The number of hydrogen-bond donors (Lipinski definition) is 1. The molecule has 0 aliphatic carbocycles. The molecule has 0 radical (unpaired) electrons. The molecule has 0 aromatic carbocycles. The van der Waals surface area contributed by atoms with E-state index in [1.165, 1.54) is 0 Å². The van der Waals surface area contributed by atoms with Gasteiger partial charge in [0, 0.05) is 12.5 Å². The molecule has 1 amide bonds. The van der Waals surface area contributed by atoms with Crippen LogP contribution in [0.4, 0.5) is 9.18 Å². The number of alkyl carbamates (subject to hydrolysis) is 1. The highest BCUT2D eigenvalue weighted by molar-refractivity contribution is 5.67. The van der Waals surface area contributed by atoms with Gasteiger partial charge < -0.3 is 14.8 Å². The lowest BCUT2D eigenvalue weighted by Crippen LogP contribution is -2.33. The van der Waals surface area contributed by atoms with Gasteiger partial charge in [0.05, 0.1) is 6.67 Å². The highest BCUT2D eigenvalue weighted by atomic mass is 19.1. The molecule has 1 unspecified atom stereocenters. The molecule has 4 nitrogen and oxygen atoms in total. The summed E-state index contributed by atoms with van der Waals surface area (Å²) in [6.45, 7) is 4.80. The van der Waals surface area contributed by atoms with Crippen molar-refractivity contribution in [3.8, 4) is 0 Å². The number of rotatable bonds is 5. The average molecular weight is 219 g/mol. The van der Waals surface area contributed by atoms with Crippen molar-refractivity contribution in [2.24, 2.45) is 5.92 Å². The van der Waals surface area contributed by atoms with E-state index in [0.29, 0.717) is 12.7 Å². The van der Waals surface area contributed by atoms with Crippen molar-refractivity contribution in [2.75, 3.05) is 13.2 Å². The van der Waals surface area contributed by atoms with Crippen molar-refractivity contribution >= 4 is 12.4 Å². The van der Waals surface area contributed by atoms with Crippen LogP contribution in [0.15, 0.2) is 0 Å². The summed E-state index contributed by atoms with van der Waals surface area (Å²) in [5.74, 6) is -0.639. The fourth-order valence-corrected chi connectivity index (χ4v) is 0.855. The molecule has 0 aromatic rings. The molecule has 0 heterocycles. The lowest BCUT2D eigenvalue weighted by Gasteiger charge is -2.19. The van der Waals surface area contributed by atoms with Crippen LogP contribution in [0.2, 0.25) is 0 Å². The smallest absolute Gasteiger partial charge is 0.407 e. The molecule has 0 saturated heterocycles. The molecule has 0 rings (SSSR count). The molecule has 1 atom stereocenters. The van der Waals surface area contributed by atoms with E-state index >= 15 is 0 Å². The lowest BCUT2D eigenvalue weighted by molar-refractivity contribution is -0.111. The second kappa shape index (κ2) is 6.37. The van der Waals surface area contributed by atoms with E-state index in [2.05, 4.69) is 5.32 Å². The summed E-state index contributed by atoms with van der Waals surface area (Å²) in [6.07, 6.45) is 0.293. The van der Waals surface area contributed by atoms with Gasteiger partial charge in [0.15, 0.2) is 0 Å². The number of amides is 1. The molecular weight excluding hydrogens is 201 g/mol. The molecule has 0 bridgehead atoms. The quantitative estimate of drug-likeness (QED) is 0.716. The van der Waals surface area contributed by atoms with Gasteiger partial charge >= 0.3 is 6.09 Å². The first-order valence-corrected chi connectivity index (χ1v) is 4.87. The number of halogens is 1. The predicted molar refractivity (Wildman–Crippen MR) is 54.4 cm³/mol. The Kier molecular flexibility index (Phi) is 5.89. The molecule has 0 fully saturated rings. The van der Waals surface area contributed by atoms with Gasteiger partial charge in [0.1, 0.15) is 11.9 Å². The normalized spacial score (nSPS) is 13.1. The fourth-order valence-electron chi connectivity index (χ4n) is 0.855. The molecular formula is C10H18FNO3. The molecule has 0 aliphatic rings. The highest BCUT2D eigenvalue weighted by Crippen LogP contribution is 2.06. The van der Waals surface area contributed by atoms with Gasteiger partial charge in [-0.3, -0.25) is 4.39 Å². The summed E-state index contributed by atoms with van der Waals surface area (Å²) in [7, 11) is 0. The number of carbonyl (C=O) groups is 2. The van der Waals surface area contributed by atoms with Gasteiger partial charge in [-0.25, -0.2) is 4.79 Å². The zero-order chi connectivity index (χ0) is 11.9. The third-order valence-electron chi connectivity index (χ3n) is 1.57. The van der Waals surface area contributed by atoms with Gasteiger partial charge in [-0.1, -0.05) is 0 Å². The van der Waals surface area contributed by atoms with Gasteiger partial charge in [-0.05, 0) is 27.2 Å². The van der Waals surface area contributed by atoms with Crippen LogP contribution in [0.3, 0.4) is 0 Å². The van der Waals surface area contributed by atoms with Crippen molar-refractivity contribution in [1.29, 1.82) is 0 Å². The molecule has 1 N–H and O–H groups in total. The Morgan fingerprint density at radius 2 is 2.13 bits per heavy atom. The van der Waals surface area contributed by atoms with Crippen LogP contribution in [0.25, 0.3) is 0 Å². The Morgan fingerprint density at radius 1 is 1.53 bits per heavy atom. The fraction of sp³-hybridized carbons (Fsp3) is 0.800. The van der Waals surface area contributed by atoms with Crippen LogP contribution in [0.1, 0.15) is 27.2 Å². The Morgan fingerprint density at radius 3 is 2.53 bits per heavy atom. The Hall–Kier alpha value is -1.13. The van der Waals surface area contributed by atoms with Crippen molar-refractivity contribution in [3.63, 3.8) is 0 Å². The molecule has 0 saturated carbocycles. The summed E-state index contributed by atoms with van der Waals surface area (Å²) in [5, 5.41) is 2.45. The molecule has 15 heavy (non-hydrogen) atoms. The summed E-state index contributed by atoms with van der Waals surface area (Å²) >= 11 is 0. The van der Waals surface area contributed by atoms with Crippen LogP contribution in [0, 0.1) is 5.92 Å². The van der Waals surface area contributed by atoms with Crippen molar-refractivity contribution in [2.45, 2.75) is 32.8 Å². The Bertz CT molecular complexity index is 213. The third-order valence-corrected chi connectivity index (χ3v) is 1.57. The minimum absolute atomic E-state index is 0.238. The number of alkyl halides is 1. The van der Waals surface area contributed by atoms with Crippen LogP contribution < -0.4 is 5.32 Å². The molecule has 5 heteroatoms. The number of ether oxygens (including phenoxy) is 1. The maximum Gasteiger partial charge on any atom is 0.407 e. The van der Waals surface area contributed by atoms with E-state index in [9.17, 15) is 14.0 Å². The SMILES string of the molecule is CC(C)(C)OC(=O)NCCC(C=O)CF. The standard InChI is InChI=1S/C10H18FNO3/c1-10(2,3)15-9(14)12-5-4-8(6-11)7-13/h7-8H,4-6H2,1-3H3,(H,12,14). The molecule has 0 spiro atoms. The van der Waals surface area contributed by atoms with Gasteiger partial charge in [-0.2, -0.15) is 0 Å². The number of hydrogen-bond acceptors (Lipinski definition) is 3. The van der Waals surface area contributed by atoms with Crippen molar-refractivity contribution < 1.29 is 18.7 Å². The second-order valence-electron chi connectivity index (χ2n) is 4.27. The topological polar surface area (TPSA) is 55.4 Å². The largest absolute Gasteiger partial charge is 0.444 e. The molecule has 0 aromatic heterocycles. The summed E-state index contributed by atoms with van der Waals surface area (Å²) in [5.41, 5.74) is -0.547. The van der Waals surface area contributed by atoms with Crippen molar-refractivity contribution in [1.82, 2.24) is 5.32 Å². The molecule has 88 valence electrons. The minimum Gasteiger partial charge on any atom is -0.444 e. The van der Waals surface area contributed by atoms with Crippen LogP contribution >= 0.6 is 0 Å². The highest BCUT2D eigenvalue weighted by Gasteiger charge is 2.16. The molecule has 0 aliphatic heterocycles. The van der Waals surface area contributed by atoms with Crippen LogP contribution in [-0.4, -0.2) is 31.2 Å². The van der Waals surface area contributed by atoms with E-state index in [1.807, 2.05) is 0 Å². The van der Waals surface area contributed by atoms with E-state index in [0.717, 1.165) is 0 Å². The summed E-state index contributed by atoms with van der Waals surface area (Å²) < 4.78 is 17.0. The van der Waals surface area contributed by atoms with E-state index in [4.69, 9.17) is 4.74 Å². The lowest BCUT2D eigenvalue weighted by atomic mass is 10.1. The first kappa shape index (κ1) is 13.9. The Labute approximate surface area is 89.2 Å². The Balaban J connectivity index is 3.68. The first-order chi connectivity index (χ1) is 6.89. The maximum atomic E-state index is 12.1. The summed E-state index contributed by atoms with van der Waals surface area (Å²) in [6, 6.07) is 0. The number of nitrogens with one attached hydrogen (secondary N) is 1. The zero-order valence-electron chi connectivity index (χ0n) is 9.38. The monoisotopic (exact) mass is 219 g/mol. The van der Waals surface area contributed by atoms with Crippen molar-refractivity contribution in [3.05, 3.63) is 0 Å². The second-order valence-corrected chi connectivity index (χ2v) is 4.27. The number of carbonyl (C=O) groups excluding carboxylic acids is 2. The van der Waals surface area contributed by atoms with Gasteiger partial charge in [0.2, 0.25) is 0 Å². The number of aldehydes is 1. The van der Waals surface area contributed by atoms with E-state index in [1.54, 1.807) is 20.8 Å². The van der Waals surface area contributed by atoms with Crippen LogP contribution in [0.5, 0.6) is 0 Å². The summed E-state index contributed by atoms with van der Waals surface area (Å²) in [4.78, 5) is 21.4.